The number of halogens is 3. The lowest BCUT2D eigenvalue weighted by molar-refractivity contribution is -0.137. The Morgan fingerprint density at radius 1 is 0.921 bits per heavy atom. The quantitative estimate of drug-likeness (QED) is 0.267. The fourth-order valence-corrected chi connectivity index (χ4v) is 5.12. The van der Waals surface area contributed by atoms with Gasteiger partial charge in [-0.05, 0) is 68.5 Å². The molecular weight excluding hydrogens is 491 g/mol. The topological polar surface area (TPSA) is 66.2 Å². The summed E-state index contributed by atoms with van der Waals surface area (Å²) < 4.78 is 45.8. The van der Waals surface area contributed by atoms with Gasteiger partial charge in [0.25, 0.3) is 0 Å². The summed E-state index contributed by atoms with van der Waals surface area (Å²) in [6.45, 7) is 1.31. The van der Waals surface area contributed by atoms with Gasteiger partial charge in [-0.1, -0.05) is 30.3 Å². The summed E-state index contributed by atoms with van der Waals surface area (Å²) in [7, 11) is 3.98. The molecule has 1 aliphatic carbocycles. The van der Waals surface area contributed by atoms with Crippen LogP contribution in [0.3, 0.4) is 0 Å². The van der Waals surface area contributed by atoms with Crippen LogP contribution in [0.5, 0.6) is 0 Å². The monoisotopic (exact) mass is 523 g/mol. The van der Waals surface area contributed by atoms with Crippen molar-refractivity contribution >= 4 is 22.7 Å². The number of nitrogens with zero attached hydrogens (tertiary/aromatic N) is 3. The van der Waals surface area contributed by atoms with Gasteiger partial charge in [-0.25, -0.2) is 4.98 Å². The van der Waals surface area contributed by atoms with Gasteiger partial charge in [0.15, 0.2) is 0 Å². The molecule has 4 aromatic rings. The second kappa shape index (κ2) is 11.0. The van der Waals surface area contributed by atoms with E-state index in [0.717, 1.165) is 55.0 Å². The summed E-state index contributed by atoms with van der Waals surface area (Å²) in [4.78, 5) is 11.5. The van der Waals surface area contributed by atoms with E-state index in [4.69, 9.17) is 14.4 Å². The first-order valence-corrected chi connectivity index (χ1v) is 12.9. The molecule has 2 aromatic carbocycles. The summed E-state index contributed by atoms with van der Waals surface area (Å²) in [6.07, 6.45) is -0.231. The average molecular weight is 524 g/mol. The van der Waals surface area contributed by atoms with Gasteiger partial charge in [0.2, 0.25) is 5.95 Å². The SMILES string of the molecule is CN(C)c1nc(NC2CCC(CNCc3ccc(-c4ccccc4C(F)(F)F)o3)CC2)nc2ccccc12. The zero-order chi connectivity index (χ0) is 26.7. The van der Waals surface area contributed by atoms with Gasteiger partial charge in [-0.15, -0.1) is 0 Å². The molecular formula is C29H32F3N5O. The van der Waals surface area contributed by atoms with E-state index in [-0.39, 0.29) is 11.3 Å². The lowest BCUT2D eigenvalue weighted by Gasteiger charge is -2.29. The maximum atomic E-state index is 13.3. The first-order valence-electron chi connectivity index (χ1n) is 12.9. The number of anilines is 2. The van der Waals surface area contributed by atoms with Gasteiger partial charge in [0.1, 0.15) is 17.3 Å². The van der Waals surface area contributed by atoms with Gasteiger partial charge in [0, 0.05) is 31.1 Å². The second-order valence-electron chi connectivity index (χ2n) is 10.1. The molecule has 0 unspecified atom stereocenters. The van der Waals surface area contributed by atoms with Crippen molar-refractivity contribution in [2.24, 2.45) is 5.92 Å². The van der Waals surface area contributed by atoms with E-state index in [1.54, 1.807) is 18.2 Å². The number of fused-ring (bicyclic) bond motifs is 1. The third kappa shape index (κ3) is 5.93. The molecule has 0 bridgehead atoms. The zero-order valence-corrected chi connectivity index (χ0v) is 21.6. The molecule has 200 valence electrons. The smallest absolute Gasteiger partial charge is 0.417 e. The minimum Gasteiger partial charge on any atom is -0.460 e. The van der Waals surface area contributed by atoms with Crippen molar-refractivity contribution < 1.29 is 17.6 Å². The number of furan rings is 1. The van der Waals surface area contributed by atoms with Crippen LogP contribution in [0.25, 0.3) is 22.2 Å². The molecule has 0 atom stereocenters. The van der Waals surface area contributed by atoms with Crippen molar-refractivity contribution in [2.75, 3.05) is 30.9 Å². The average Bonchev–Trinajstić information content (AvgIpc) is 3.37. The maximum Gasteiger partial charge on any atom is 0.417 e. The highest BCUT2D eigenvalue weighted by molar-refractivity contribution is 5.90. The Morgan fingerprint density at radius 2 is 1.66 bits per heavy atom. The number of hydrogen-bond acceptors (Lipinski definition) is 6. The molecule has 0 radical (unpaired) electrons. The van der Waals surface area contributed by atoms with Crippen LogP contribution in [-0.4, -0.2) is 36.6 Å². The number of benzene rings is 2. The van der Waals surface area contributed by atoms with E-state index in [1.165, 1.54) is 12.1 Å². The normalized spacial score (nSPS) is 18.0. The van der Waals surface area contributed by atoms with E-state index in [1.807, 2.05) is 43.3 Å². The predicted molar refractivity (Wildman–Crippen MR) is 144 cm³/mol. The van der Waals surface area contributed by atoms with E-state index in [9.17, 15) is 13.2 Å². The summed E-state index contributed by atoms with van der Waals surface area (Å²) in [5.41, 5.74) is 0.297. The van der Waals surface area contributed by atoms with Crippen molar-refractivity contribution in [1.29, 1.82) is 0 Å². The first kappa shape index (κ1) is 26.0. The van der Waals surface area contributed by atoms with E-state index in [2.05, 4.69) is 10.6 Å². The molecule has 5 rings (SSSR count). The maximum absolute atomic E-state index is 13.3. The Labute approximate surface area is 220 Å². The summed E-state index contributed by atoms with van der Waals surface area (Å²) >= 11 is 0. The summed E-state index contributed by atoms with van der Waals surface area (Å²) in [5, 5.41) is 7.99. The van der Waals surface area contributed by atoms with Crippen molar-refractivity contribution in [1.82, 2.24) is 15.3 Å². The lowest BCUT2D eigenvalue weighted by Crippen LogP contribution is -2.31. The molecule has 2 heterocycles. The molecule has 1 fully saturated rings. The van der Waals surface area contributed by atoms with Crippen LogP contribution in [-0.2, 0) is 12.7 Å². The van der Waals surface area contributed by atoms with Gasteiger partial charge < -0.3 is 20.0 Å². The van der Waals surface area contributed by atoms with E-state index >= 15 is 0 Å². The molecule has 9 heteroatoms. The Kier molecular flexibility index (Phi) is 7.56. The first-order chi connectivity index (χ1) is 18.3. The molecule has 0 amide bonds. The molecule has 0 saturated heterocycles. The third-order valence-corrected chi connectivity index (χ3v) is 7.08. The highest BCUT2D eigenvalue weighted by Crippen LogP contribution is 2.37. The van der Waals surface area contributed by atoms with Gasteiger partial charge >= 0.3 is 6.18 Å². The van der Waals surface area contributed by atoms with Crippen LogP contribution in [0, 0.1) is 5.92 Å². The van der Waals surface area contributed by atoms with Crippen molar-refractivity contribution in [3.63, 3.8) is 0 Å². The van der Waals surface area contributed by atoms with Crippen molar-refractivity contribution in [3.05, 3.63) is 72.0 Å². The molecule has 2 N–H and O–H groups in total. The van der Waals surface area contributed by atoms with E-state index < -0.39 is 11.7 Å². The number of aromatic nitrogens is 2. The number of alkyl halides is 3. The molecule has 0 spiro atoms. The highest BCUT2D eigenvalue weighted by atomic mass is 19.4. The molecule has 1 aliphatic rings. The highest BCUT2D eigenvalue weighted by Gasteiger charge is 2.34. The number of para-hydroxylation sites is 1. The fourth-order valence-electron chi connectivity index (χ4n) is 5.12. The van der Waals surface area contributed by atoms with Crippen LogP contribution >= 0.6 is 0 Å². The van der Waals surface area contributed by atoms with Gasteiger partial charge in [-0.3, -0.25) is 0 Å². The molecule has 1 saturated carbocycles. The van der Waals surface area contributed by atoms with Crippen LogP contribution < -0.4 is 15.5 Å². The Bertz CT molecular complexity index is 1380. The molecule has 38 heavy (non-hydrogen) atoms. The number of nitrogens with one attached hydrogen (secondary N) is 2. The van der Waals surface area contributed by atoms with Gasteiger partial charge in [0.05, 0.1) is 17.6 Å². The largest absolute Gasteiger partial charge is 0.460 e. The molecule has 0 aliphatic heterocycles. The number of hydrogen-bond donors (Lipinski definition) is 2. The van der Waals surface area contributed by atoms with Crippen LogP contribution in [0.1, 0.15) is 37.0 Å². The second-order valence-corrected chi connectivity index (χ2v) is 10.1. The lowest BCUT2D eigenvalue weighted by atomic mass is 9.86. The van der Waals surface area contributed by atoms with Gasteiger partial charge in [-0.2, -0.15) is 18.2 Å². The predicted octanol–water partition coefficient (Wildman–Crippen LogP) is 6.74. The van der Waals surface area contributed by atoms with Crippen molar-refractivity contribution in [2.45, 2.75) is 44.4 Å². The Hall–Kier alpha value is -3.59. The third-order valence-electron chi connectivity index (χ3n) is 7.08. The molecule has 2 aromatic heterocycles. The Balaban J connectivity index is 1.12. The standard InChI is InChI=1S/C29H32F3N5O/c1-37(2)27-23-8-4-6-10-25(23)35-28(36-27)34-20-13-11-19(12-14-20)17-33-18-21-15-16-26(38-21)22-7-3-5-9-24(22)29(30,31)32/h3-10,15-16,19-20,33H,11-14,17-18H2,1-2H3,(H,34,35,36). The Morgan fingerprint density at radius 3 is 2.42 bits per heavy atom. The summed E-state index contributed by atoms with van der Waals surface area (Å²) in [6, 6.07) is 17.2. The minimum atomic E-state index is -4.43. The van der Waals surface area contributed by atoms with Crippen LogP contribution in [0.4, 0.5) is 24.9 Å². The van der Waals surface area contributed by atoms with Crippen molar-refractivity contribution in [3.8, 4) is 11.3 Å². The van der Waals surface area contributed by atoms with Crippen LogP contribution in [0.15, 0.2) is 65.1 Å². The zero-order valence-electron chi connectivity index (χ0n) is 21.6. The fraction of sp³-hybridized carbons (Fsp3) is 0.379. The van der Waals surface area contributed by atoms with E-state index in [0.29, 0.717) is 30.2 Å². The minimum absolute atomic E-state index is 0.0603. The van der Waals surface area contributed by atoms with Crippen LogP contribution in [0.2, 0.25) is 0 Å². The summed E-state index contributed by atoms with van der Waals surface area (Å²) in [5.74, 6) is 2.95. The molecule has 6 nitrogen and oxygen atoms in total. The number of rotatable bonds is 8.